The number of fused-ring (bicyclic) bond motifs is 1. The summed E-state index contributed by atoms with van der Waals surface area (Å²) in [7, 11) is 0. The van der Waals surface area contributed by atoms with E-state index in [1.165, 1.54) is 0 Å². The molecule has 1 aliphatic rings. The molecule has 0 unspecified atom stereocenters. The van der Waals surface area contributed by atoms with Crippen LogP contribution < -0.4 is 10.6 Å². The first-order chi connectivity index (χ1) is 7.83. The van der Waals surface area contributed by atoms with E-state index in [0.717, 1.165) is 42.7 Å². The molecule has 4 heteroatoms. The molecule has 0 amide bonds. The minimum atomic E-state index is 0.279. The van der Waals surface area contributed by atoms with Crippen molar-refractivity contribution in [2.75, 3.05) is 18.0 Å². The van der Waals surface area contributed by atoms with E-state index in [-0.39, 0.29) is 6.04 Å². The molecule has 1 aliphatic heterocycles. The topological polar surface area (TPSA) is 55.3 Å². The van der Waals surface area contributed by atoms with E-state index in [0.29, 0.717) is 0 Å². The molecule has 0 saturated carbocycles. The number of pyridine rings is 1. The number of hydrogen-bond donors (Lipinski definition) is 1. The lowest BCUT2D eigenvalue weighted by atomic mass is 10.1. The summed E-state index contributed by atoms with van der Waals surface area (Å²) in [6.07, 6.45) is 5.84. The van der Waals surface area contributed by atoms with Crippen LogP contribution in [0.5, 0.6) is 0 Å². The standard InChI is InChI=1S/C12H15N3O/c13-9-2-1-4-15(8-9)10-6-12-11(14-7-10)3-5-16-12/h3,5-7,9H,1-2,4,8,13H2/t9-/m1/s1. The van der Waals surface area contributed by atoms with Crippen LogP contribution in [0.15, 0.2) is 29.0 Å². The Hall–Kier alpha value is -1.55. The average molecular weight is 217 g/mol. The molecule has 1 saturated heterocycles. The Labute approximate surface area is 94.0 Å². The van der Waals surface area contributed by atoms with Gasteiger partial charge in [-0.15, -0.1) is 0 Å². The van der Waals surface area contributed by atoms with Gasteiger partial charge in [0.1, 0.15) is 5.52 Å². The number of nitrogens with zero attached hydrogens (tertiary/aromatic N) is 2. The Morgan fingerprint density at radius 3 is 3.31 bits per heavy atom. The van der Waals surface area contributed by atoms with E-state index in [9.17, 15) is 0 Å². The normalized spacial score (nSPS) is 21.6. The highest BCUT2D eigenvalue weighted by atomic mass is 16.3. The fraction of sp³-hybridized carbons (Fsp3) is 0.417. The molecular formula is C12H15N3O. The van der Waals surface area contributed by atoms with Crippen molar-refractivity contribution in [2.24, 2.45) is 5.73 Å². The van der Waals surface area contributed by atoms with Gasteiger partial charge in [0.05, 0.1) is 18.1 Å². The van der Waals surface area contributed by atoms with Gasteiger partial charge in [-0.25, -0.2) is 0 Å². The lowest BCUT2D eigenvalue weighted by Crippen LogP contribution is -2.42. The second-order valence-electron chi connectivity index (χ2n) is 4.35. The predicted molar refractivity (Wildman–Crippen MR) is 63.4 cm³/mol. The van der Waals surface area contributed by atoms with Crippen LogP contribution in [0.2, 0.25) is 0 Å². The number of aromatic nitrogens is 1. The molecule has 4 nitrogen and oxygen atoms in total. The number of rotatable bonds is 1. The first-order valence-corrected chi connectivity index (χ1v) is 5.67. The highest BCUT2D eigenvalue weighted by Crippen LogP contribution is 2.23. The fourth-order valence-electron chi connectivity index (χ4n) is 2.25. The molecule has 3 rings (SSSR count). The highest BCUT2D eigenvalue weighted by Gasteiger charge is 2.17. The summed E-state index contributed by atoms with van der Waals surface area (Å²) in [6, 6.07) is 4.20. The third-order valence-electron chi connectivity index (χ3n) is 3.11. The zero-order chi connectivity index (χ0) is 11.0. The molecule has 0 radical (unpaired) electrons. The summed E-state index contributed by atoms with van der Waals surface area (Å²) < 4.78 is 5.36. The van der Waals surface area contributed by atoms with Gasteiger partial charge in [0, 0.05) is 31.3 Å². The largest absolute Gasteiger partial charge is 0.463 e. The van der Waals surface area contributed by atoms with Gasteiger partial charge in [0.15, 0.2) is 5.58 Å². The van der Waals surface area contributed by atoms with Gasteiger partial charge in [-0.1, -0.05) is 0 Å². The van der Waals surface area contributed by atoms with E-state index in [1.807, 2.05) is 18.3 Å². The Balaban J connectivity index is 1.92. The molecule has 0 aliphatic carbocycles. The van der Waals surface area contributed by atoms with Crippen molar-refractivity contribution >= 4 is 16.8 Å². The van der Waals surface area contributed by atoms with Gasteiger partial charge >= 0.3 is 0 Å². The number of piperidine rings is 1. The average Bonchev–Trinajstić information content (AvgIpc) is 2.75. The highest BCUT2D eigenvalue weighted by molar-refractivity contribution is 5.76. The molecule has 2 aromatic heterocycles. The molecule has 0 aromatic carbocycles. The second-order valence-corrected chi connectivity index (χ2v) is 4.35. The minimum Gasteiger partial charge on any atom is -0.463 e. The first kappa shape index (κ1) is 9.66. The molecule has 2 N–H and O–H groups in total. The van der Waals surface area contributed by atoms with E-state index in [1.54, 1.807) is 6.26 Å². The maximum atomic E-state index is 5.97. The lowest BCUT2D eigenvalue weighted by molar-refractivity contribution is 0.505. The fourth-order valence-corrected chi connectivity index (χ4v) is 2.25. The van der Waals surface area contributed by atoms with E-state index in [2.05, 4.69) is 9.88 Å². The monoisotopic (exact) mass is 217 g/mol. The third kappa shape index (κ3) is 1.65. The van der Waals surface area contributed by atoms with Crippen LogP contribution in [-0.4, -0.2) is 24.1 Å². The number of anilines is 1. The first-order valence-electron chi connectivity index (χ1n) is 5.67. The van der Waals surface area contributed by atoms with Gasteiger partial charge in [0.2, 0.25) is 0 Å². The van der Waals surface area contributed by atoms with E-state index in [4.69, 9.17) is 10.2 Å². The van der Waals surface area contributed by atoms with Crippen LogP contribution in [0.3, 0.4) is 0 Å². The second kappa shape index (κ2) is 3.79. The van der Waals surface area contributed by atoms with Crippen LogP contribution in [0, 0.1) is 0 Å². The molecule has 0 bridgehead atoms. The summed E-state index contributed by atoms with van der Waals surface area (Å²) in [5.41, 5.74) is 8.83. The van der Waals surface area contributed by atoms with Crippen molar-refractivity contribution in [3.63, 3.8) is 0 Å². The zero-order valence-electron chi connectivity index (χ0n) is 9.10. The van der Waals surface area contributed by atoms with Gasteiger partial charge in [-0.2, -0.15) is 0 Å². The Bertz CT molecular complexity index is 494. The molecule has 2 aromatic rings. The predicted octanol–water partition coefficient (Wildman–Crippen LogP) is 1.76. The Kier molecular flexibility index (Phi) is 2.29. The van der Waals surface area contributed by atoms with Gasteiger partial charge in [-0.05, 0) is 12.8 Å². The van der Waals surface area contributed by atoms with Crippen LogP contribution in [-0.2, 0) is 0 Å². The summed E-state index contributed by atoms with van der Waals surface area (Å²) >= 11 is 0. The SMILES string of the molecule is N[C@@H]1CCCN(c2cnc3ccoc3c2)C1. The molecule has 3 heterocycles. The van der Waals surface area contributed by atoms with Gasteiger partial charge in [0.25, 0.3) is 0 Å². The smallest absolute Gasteiger partial charge is 0.154 e. The van der Waals surface area contributed by atoms with Crippen LogP contribution in [0.4, 0.5) is 5.69 Å². The van der Waals surface area contributed by atoms with Crippen molar-refractivity contribution in [1.29, 1.82) is 0 Å². The maximum Gasteiger partial charge on any atom is 0.154 e. The Morgan fingerprint density at radius 2 is 2.44 bits per heavy atom. The molecule has 1 atom stereocenters. The van der Waals surface area contributed by atoms with Gasteiger partial charge < -0.3 is 15.1 Å². The van der Waals surface area contributed by atoms with Crippen molar-refractivity contribution in [3.05, 3.63) is 24.6 Å². The molecule has 16 heavy (non-hydrogen) atoms. The summed E-state index contributed by atoms with van der Waals surface area (Å²) in [5.74, 6) is 0. The number of hydrogen-bond acceptors (Lipinski definition) is 4. The van der Waals surface area contributed by atoms with Crippen molar-refractivity contribution in [2.45, 2.75) is 18.9 Å². The van der Waals surface area contributed by atoms with Crippen LogP contribution >= 0.6 is 0 Å². The van der Waals surface area contributed by atoms with Gasteiger partial charge in [-0.3, -0.25) is 4.98 Å². The van der Waals surface area contributed by atoms with Crippen molar-refractivity contribution in [3.8, 4) is 0 Å². The Morgan fingerprint density at radius 1 is 1.50 bits per heavy atom. The quantitative estimate of drug-likeness (QED) is 0.790. The van der Waals surface area contributed by atoms with E-state index < -0.39 is 0 Å². The third-order valence-corrected chi connectivity index (χ3v) is 3.11. The van der Waals surface area contributed by atoms with E-state index >= 15 is 0 Å². The van der Waals surface area contributed by atoms with Crippen LogP contribution in [0.1, 0.15) is 12.8 Å². The van der Waals surface area contributed by atoms with Crippen molar-refractivity contribution < 1.29 is 4.42 Å². The summed E-state index contributed by atoms with van der Waals surface area (Å²) in [5, 5.41) is 0. The molecule has 1 fully saturated rings. The number of furan rings is 1. The maximum absolute atomic E-state index is 5.97. The zero-order valence-corrected chi connectivity index (χ0v) is 9.10. The molecule has 84 valence electrons. The summed E-state index contributed by atoms with van der Waals surface area (Å²) in [4.78, 5) is 6.65. The molecular weight excluding hydrogens is 202 g/mol. The lowest BCUT2D eigenvalue weighted by Gasteiger charge is -2.32. The number of nitrogens with two attached hydrogens (primary N) is 1. The summed E-state index contributed by atoms with van der Waals surface area (Å²) in [6.45, 7) is 1.97. The van der Waals surface area contributed by atoms with Crippen LogP contribution in [0.25, 0.3) is 11.1 Å². The van der Waals surface area contributed by atoms with Crippen molar-refractivity contribution in [1.82, 2.24) is 4.98 Å². The minimum absolute atomic E-state index is 0.279. The molecule has 0 spiro atoms.